The highest BCUT2D eigenvalue weighted by Crippen LogP contribution is 2.20. The molecule has 0 aliphatic carbocycles. The monoisotopic (exact) mass is 327 g/mol. The number of hydrogen-bond donors (Lipinski definition) is 0. The van der Waals surface area contributed by atoms with Crippen molar-refractivity contribution in [1.82, 2.24) is 14.7 Å². The summed E-state index contributed by atoms with van der Waals surface area (Å²) in [5.41, 5.74) is 1.90. The van der Waals surface area contributed by atoms with E-state index in [1.807, 2.05) is 55.3 Å². The lowest BCUT2D eigenvalue weighted by atomic mass is 10.2. The van der Waals surface area contributed by atoms with Gasteiger partial charge in [-0.3, -0.25) is 4.79 Å². The first-order chi connectivity index (χ1) is 11.6. The number of carbonyl (C=O) groups is 1. The molecule has 2 heterocycles. The average molecular weight is 327 g/mol. The Hall–Kier alpha value is -2.30. The summed E-state index contributed by atoms with van der Waals surface area (Å²) in [7, 11) is 0. The van der Waals surface area contributed by atoms with Gasteiger partial charge in [0.25, 0.3) is 5.91 Å². The molecule has 1 saturated heterocycles. The standard InChI is InChI=1S/C19H25N3O2/c1-15-14-22(17-10-6-5-7-11-17)20-18(15)24-16(2)19(23)21-12-8-3-4-9-13-21/h5-7,10-11,14,16H,3-4,8-9,12-13H2,1-2H3. The number of rotatable bonds is 4. The minimum atomic E-state index is -0.513. The molecule has 0 spiro atoms. The predicted octanol–water partition coefficient (Wildman–Crippen LogP) is 3.35. The van der Waals surface area contributed by atoms with Crippen molar-refractivity contribution in [3.8, 4) is 11.6 Å². The zero-order chi connectivity index (χ0) is 16.9. The summed E-state index contributed by atoms with van der Waals surface area (Å²) in [5, 5.41) is 4.49. The average Bonchev–Trinajstić information content (AvgIpc) is 2.80. The van der Waals surface area contributed by atoms with Crippen molar-refractivity contribution in [2.75, 3.05) is 13.1 Å². The third-order valence-electron chi connectivity index (χ3n) is 4.43. The lowest BCUT2D eigenvalue weighted by molar-refractivity contribution is -0.138. The summed E-state index contributed by atoms with van der Waals surface area (Å²) >= 11 is 0. The van der Waals surface area contributed by atoms with E-state index < -0.39 is 6.10 Å². The molecule has 5 nitrogen and oxygen atoms in total. The van der Waals surface area contributed by atoms with Crippen LogP contribution < -0.4 is 4.74 Å². The normalized spacial score (nSPS) is 16.5. The number of ether oxygens (including phenoxy) is 1. The molecule has 0 radical (unpaired) electrons. The highest BCUT2D eigenvalue weighted by Gasteiger charge is 2.24. The summed E-state index contributed by atoms with van der Waals surface area (Å²) in [6.45, 7) is 5.44. The lowest BCUT2D eigenvalue weighted by Crippen LogP contribution is -2.41. The molecule has 1 aliphatic rings. The van der Waals surface area contributed by atoms with Crippen LogP contribution in [0.4, 0.5) is 0 Å². The maximum absolute atomic E-state index is 12.6. The first kappa shape index (κ1) is 16.6. The van der Waals surface area contributed by atoms with Crippen LogP contribution in [0, 0.1) is 6.92 Å². The van der Waals surface area contributed by atoms with Gasteiger partial charge in [0, 0.05) is 24.8 Å². The number of para-hydroxylation sites is 1. The molecule has 24 heavy (non-hydrogen) atoms. The van der Waals surface area contributed by atoms with E-state index in [1.54, 1.807) is 4.68 Å². The van der Waals surface area contributed by atoms with E-state index in [9.17, 15) is 4.79 Å². The third kappa shape index (κ3) is 3.78. The second-order valence-electron chi connectivity index (χ2n) is 6.40. The van der Waals surface area contributed by atoms with E-state index in [4.69, 9.17) is 4.74 Å². The molecule has 1 amide bonds. The van der Waals surface area contributed by atoms with E-state index >= 15 is 0 Å². The van der Waals surface area contributed by atoms with Crippen LogP contribution in [0.3, 0.4) is 0 Å². The summed E-state index contributed by atoms with van der Waals surface area (Å²) in [6, 6.07) is 9.89. The molecule has 1 aliphatic heterocycles. The van der Waals surface area contributed by atoms with Crippen LogP contribution in [0.2, 0.25) is 0 Å². The molecule has 1 aromatic carbocycles. The number of carbonyl (C=O) groups excluding carboxylic acids is 1. The smallest absolute Gasteiger partial charge is 0.263 e. The van der Waals surface area contributed by atoms with Crippen molar-refractivity contribution in [2.45, 2.75) is 45.6 Å². The topological polar surface area (TPSA) is 47.4 Å². The first-order valence-corrected chi connectivity index (χ1v) is 8.72. The van der Waals surface area contributed by atoms with E-state index in [-0.39, 0.29) is 5.91 Å². The van der Waals surface area contributed by atoms with E-state index in [1.165, 1.54) is 12.8 Å². The van der Waals surface area contributed by atoms with Crippen molar-refractivity contribution < 1.29 is 9.53 Å². The van der Waals surface area contributed by atoms with Crippen molar-refractivity contribution >= 4 is 5.91 Å². The van der Waals surface area contributed by atoms with E-state index in [0.29, 0.717) is 5.88 Å². The third-order valence-corrected chi connectivity index (χ3v) is 4.43. The van der Waals surface area contributed by atoms with Gasteiger partial charge in [-0.05, 0) is 38.8 Å². The van der Waals surface area contributed by atoms with Crippen LogP contribution in [0.5, 0.6) is 5.88 Å². The van der Waals surface area contributed by atoms with Crippen LogP contribution >= 0.6 is 0 Å². The van der Waals surface area contributed by atoms with Gasteiger partial charge in [0.15, 0.2) is 6.10 Å². The van der Waals surface area contributed by atoms with Gasteiger partial charge in [0.2, 0.25) is 5.88 Å². The second kappa shape index (κ2) is 7.51. The van der Waals surface area contributed by atoms with Crippen molar-refractivity contribution in [3.05, 3.63) is 42.1 Å². The summed E-state index contributed by atoms with van der Waals surface area (Å²) < 4.78 is 7.67. The van der Waals surface area contributed by atoms with Gasteiger partial charge in [0.05, 0.1) is 5.69 Å². The van der Waals surface area contributed by atoms with Crippen LogP contribution in [-0.2, 0) is 4.79 Å². The summed E-state index contributed by atoms with van der Waals surface area (Å²) in [6.07, 6.45) is 5.99. The van der Waals surface area contributed by atoms with Gasteiger partial charge >= 0.3 is 0 Å². The molecule has 3 rings (SSSR count). The number of benzene rings is 1. The van der Waals surface area contributed by atoms with Crippen LogP contribution in [0.1, 0.15) is 38.2 Å². The van der Waals surface area contributed by atoms with Crippen molar-refractivity contribution in [1.29, 1.82) is 0 Å². The largest absolute Gasteiger partial charge is 0.463 e. The summed E-state index contributed by atoms with van der Waals surface area (Å²) in [4.78, 5) is 14.5. The fraction of sp³-hybridized carbons (Fsp3) is 0.474. The maximum Gasteiger partial charge on any atom is 0.263 e. The molecule has 0 N–H and O–H groups in total. The number of nitrogens with zero attached hydrogens (tertiary/aromatic N) is 3. The Kier molecular flexibility index (Phi) is 5.18. The highest BCUT2D eigenvalue weighted by molar-refractivity contribution is 5.80. The fourth-order valence-corrected chi connectivity index (χ4v) is 3.04. The molecular weight excluding hydrogens is 302 g/mol. The van der Waals surface area contributed by atoms with E-state index in [0.717, 1.165) is 37.2 Å². The molecule has 1 unspecified atom stereocenters. The van der Waals surface area contributed by atoms with E-state index in [2.05, 4.69) is 5.10 Å². The minimum absolute atomic E-state index is 0.0607. The number of aromatic nitrogens is 2. The summed E-state index contributed by atoms with van der Waals surface area (Å²) in [5.74, 6) is 0.583. The SMILES string of the molecule is Cc1cn(-c2ccccc2)nc1OC(C)C(=O)N1CCCCCC1. The Morgan fingerprint density at radius 2 is 1.79 bits per heavy atom. The van der Waals surface area contributed by atoms with Gasteiger partial charge in [-0.1, -0.05) is 31.0 Å². The maximum atomic E-state index is 12.6. The van der Waals surface area contributed by atoms with Gasteiger partial charge in [0.1, 0.15) is 0 Å². The number of hydrogen-bond acceptors (Lipinski definition) is 3. The van der Waals surface area contributed by atoms with Gasteiger partial charge in [-0.2, -0.15) is 0 Å². The van der Waals surface area contributed by atoms with Crippen LogP contribution in [-0.4, -0.2) is 39.8 Å². The van der Waals surface area contributed by atoms with Crippen molar-refractivity contribution in [3.63, 3.8) is 0 Å². The number of amides is 1. The lowest BCUT2D eigenvalue weighted by Gasteiger charge is -2.24. The highest BCUT2D eigenvalue weighted by atomic mass is 16.5. The fourth-order valence-electron chi connectivity index (χ4n) is 3.04. The van der Waals surface area contributed by atoms with Crippen LogP contribution in [0.15, 0.2) is 36.5 Å². The molecule has 2 aromatic rings. The molecule has 5 heteroatoms. The number of aryl methyl sites for hydroxylation is 1. The Bertz CT molecular complexity index is 673. The molecular formula is C19H25N3O2. The predicted molar refractivity (Wildman–Crippen MR) is 93.4 cm³/mol. The Morgan fingerprint density at radius 1 is 1.12 bits per heavy atom. The molecule has 0 saturated carbocycles. The molecule has 1 fully saturated rings. The minimum Gasteiger partial charge on any atom is -0.463 e. The Morgan fingerprint density at radius 3 is 2.46 bits per heavy atom. The van der Waals surface area contributed by atoms with Crippen molar-refractivity contribution in [2.24, 2.45) is 0 Å². The Labute approximate surface area is 143 Å². The van der Waals surface area contributed by atoms with Gasteiger partial charge < -0.3 is 9.64 Å². The number of likely N-dealkylation sites (tertiary alicyclic amines) is 1. The second-order valence-corrected chi connectivity index (χ2v) is 6.40. The molecule has 0 bridgehead atoms. The quantitative estimate of drug-likeness (QED) is 0.865. The first-order valence-electron chi connectivity index (χ1n) is 8.72. The van der Waals surface area contributed by atoms with Gasteiger partial charge in [-0.15, -0.1) is 5.10 Å². The zero-order valence-electron chi connectivity index (χ0n) is 14.4. The molecule has 1 aromatic heterocycles. The Balaban J connectivity index is 1.69. The van der Waals surface area contributed by atoms with Crippen LogP contribution in [0.25, 0.3) is 5.69 Å². The molecule has 1 atom stereocenters. The van der Waals surface area contributed by atoms with Gasteiger partial charge in [-0.25, -0.2) is 4.68 Å². The molecule has 128 valence electrons. The zero-order valence-corrected chi connectivity index (χ0v) is 14.4.